The van der Waals surface area contributed by atoms with Gasteiger partial charge in [0.15, 0.2) is 5.79 Å². The lowest BCUT2D eigenvalue weighted by Gasteiger charge is -2.24. The summed E-state index contributed by atoms with van der Waals surface area (Å²) in [5.41, 5.74) is 0. The zero-order valence-corrected chi connectivity index (χ0v) is 8.17. The predicted molar refractivity (Wildman–Crippen MR) is 46.1 cm³/mol. The van der Waals surface area contributed by atoms with Crippen LogP contribution in [-0.4, -0.2) is 35.6 Å². The monoisotopic (exact) mass is 208 g/mol. The van der Waals surface area contributed by atoms with Crippen molar-refractivity contribution in [2.24, 2.45) is 0 Å². The van der Waals surface area contributed by atoms with Gasteiger partial charge in [0.1, 0.15) is 12.2 Å². The molecule has 0 aromatic heterocycles. The third-order valence-electron chi connectivity index (χ3n) is 2.05. The largest absolute Gasteiger partial charge is 0.384 e. The molecule has 1 heterocycles. The molecule has 0 aliphatic carbocycles. The fraction of sp³-hybridized carbons (Fsp3) is 0.778. The van der Waals surface area contributed by atoms with Crippen molar-refractivity contribution < 1.29 is 23.4 Å². The third kappa shape index (κ3) is 2.29. The molecular formula is C9H14F2O3. The Bertz CT molecular complexity index is 228. The highest BCUT2D eigenvalue weighted by molar-refractivity contribution is 4.97. The number of rotatable bonds is 3. The van der Waals surface area contributed by atoms with Gasteiger partial charge in [0, 0.05) is 0 Å². The van der Waals surface area contributed by atoms with Crippen LogP contribution in [-0.2, 0) is 9.47 Å². The Morgan fingerprint density at radius 2 is 2.21 bits per heavy atom. The van der Waals surface area contributed by atoms with E-state index < -0.39 is 23.9 Å². The van der Waals surface area contributed by atoms with Crippen molar-refractivity contribution in [2.45, 2.75) is 37.8 Å². The average Bonchev–Trinajstić information content (AvgIpc) is 2.44. The SMILES string of the molecule is C=CC(F)(F)C(O)C1COC(C)(C)O1. The molecule has 0 radical (unpaired) electrons. The van der Waals surface area contributed by atoms with Crippen LogP contribution < -0.4 is 0 Å². The molecule has 0 bridgehead atoms. The molecule has 3 nitrogen and oxygen atoms in total. The zero-order chi connectivity index (χ0) is 11.0. The van der Waals surface area contributed by atoms with E-state index in [1.165, 1.54) is 0 Å². The van der Waals surface area contributed by atoms with E-state index in [0.29, 0.717) is 6.08 Å². The molecule has 1 aliphatic heterocycles. The lowest BCUT2D eigenvalue weighted by molar-refractivity contribution is -0.176. The van der Waals surface area contributed by atoms with Crippen molar-refractivity contribution >= 4 is 0 Å². The average molecular weight is 208 g/mol. The van der Waals surface area contributed by atoms with Gasteiger partial charge in [-0.1, -0.05) is 6.58 Å². The fourth-order valence-electron chi connectivity index (χ4n) is 1.24. The van der Waals surface area contributed by atoms with E-state index in [-0.39, 0.29) is 6.61 Å². The molecule has 0 spiro atoms. The molecule has 2 unspecified atom stereocenters. The number of halogens is 2. The first kappa shape index (κ1) is 11.6. The predicted octanol–water partition coefficient (Wildman–Crippen LogP) is 1.32. The van der Waals surface area contributed by atoms with Crippen LogP contribution >= 0.6 is 0 Å². The van der Waals surface area contributed by atoms with Crippen molar-refractivity contribution in [3.8, 4) is 0 Å². The second kappa shape index (κ2) is 3.56. The highest BCUT2D eigenvalue weighted by atomic mass is 19.3. The summed E-state index contributed by atoms with van der Waals surface area (Å²) in [6.45, 7) is 6.12. The Hall–Kier alpha value is -0.520. The summed E-state index contributed by atoms with van der Waals surface area (Å²) in [7, 11) is 0. The Balaban J connectivity index is 2.64. The normalized spacial score (nSPS) is 28.8. The number of hydrogen-bond donors (Lipinski definition) is 1. The molecule has 1 fully saturated rings. The van der Waals surface area contributed by atoms with Gasteiger partial charge in [0.05, 0.1) is 6.61 Å². The van der Waals surface area contributed by atoms with E-state index in [1.54, 1.807) is 13.8 Å². The van der Waals surface area contributed by atoms with Gasteiger partial charge in [0.25, 0.3) is 5.92 Å². The van der Waals surface area contributed by atoms with Crippen LogP contribution in [0.25, 0.3) is 0 Å². The van der Waals surface area contributed by atoms with Crippen molar-refractivity contribution in [1.82, 2.24) is 0 Å². The molecule has 1 N–H and O–H groups in total. The standard InChI is InChI=1S/C9H14F2O3/c1-4-9(10,11)7(12)6-5-13-8(2,3)14-6/h4,6-7,12H,1,5H2,2-3H3. The molecular weight excluding hydrogens is 194 g/mol. The number of hydrogen-bond acceptors (Lipinski definition) is 3. The maximum absolute atomic E-state index is 12.9. The topological polar surface area (TPSA) is 38.7 Å². The number of aliphatic hydroxyl groups is 1. The fourth-order valence-corrected chi connectivity index (χ4v) is 1.24. The van der Waals surface area contributed by atoms with E-state index in [0.717, 1.165) is 0 Å². The summed E-state index contributed by atoms with van der Waals surface area (Å²) < 4.78 is 36.1. The van der Waals surface area contributed by atoms with Gasteiger partial charge in [-0.25, -0.2) is 0 Å². The number of ether oxygens (including phenoxy) is 2. The molecule has 0 saturated carbocycles. The Morgan fingerprint density at radius 3 is 2.57 bits per heavy atom. The third-order valence-corrected chi connectivity index (χ3v) is 2.05. The van der Waals surface area contributed by atoms with Gasteiger partial charge in [-0.15, -0.1) is 0 Å². The summed E-state index contributed by atoms with van der Waals surface area (Å²) in [6, 6.07) is 0. The minimum absolute atomic E-state index is 0.0441. The molecule has 1 saturated heterocycles. The van der Waals surface area contributed by atoms with E-state index in [2.05, 4.69) is 6.58 Å². The number of alkyl halides is 2. The molecule has 0 aromatic rings. The number of aliphatic hydroxyl groups excluding tert-OH is 1. The van der Waals surface area contributed by atoms with E-state index in [4.69, 9.17) is 9.47 Å². The van der Waals surface area contributed by atoms with Crippen LogP contribution in [0.5, 0.6) is 0 Å². The summed E-state index contributed by atoms with van der Waals surface area (Å²) >= 11 is 0. The smallest absolute Gasteiger partial charge is 0.294 e. The van der Waals surface area contributed by atoms with E-state index >= 15 is 0 Å². The Kier molecular flexibility index (Phi) is 2.94. The molecule has 82 valence electrons. The van der Waals surface area contributed by atoms with E-state index in [9.17, 15) is 13.9 Å². The van der Waals surface area contributed by atoms with Gasteiger partial charge in [0.2, 0.25) is 0 Å². The minimum Gasteiger partial charge on any atom is -0.384 e. The Labute approximate surface area is 81.3 Å². The molecule has 1 rings (SSSR count). The highest BCUT2D eigenvalue weighted by Crippen LogP contribution is 2.31. The molecule has 1 aliphatic rings. The summed E-state index contributed by atoms with van der Waals surface area (Å²) in [5, 5.41) is 9.28. The van der Waals surface area contributed by atoms with Crippen LogP contribution in [0.1, 0.15) is 13.8 Å². The maximum Gasteiger partial charge on any atom is 0.294 e. The minimum atomic E-state index is -3.35. The Morgan fingerprint density at radius 1 is 1.64 bits per heavy atom. The van der Waals surface area contributed by atoms with Crippen molar-refractivity contribution in [3.05, 3.63) is 12.7 Å². The first-order chi connectivity index (χ1) is 6.28. The van der Waals surface area contributed by atoms with Crippen LogP contribution in [0.4, 0.5) is 8.78 Å². The highest BCUT2D eigenvalue weighted by Gasteiger charge is 2.46. The van der Waals surface area contributed by atoms with Crippen LogP contribution in [0.3, 0.4) is 0 Å². The second-order valence-corrected chi connectivity index (χ2v) is 3.69. The first-order valence-corrected chi connectivity index (χ1v) is 4.30. The molecule has 0 amide bonds. The summed E-state index contributed by atoms with van der Waals surface area (Å²) in [6.07, 6.45) is -2.52. The van der Waals surface area contributed by atoms with Gasteiger partial charge in [-0.2, -0.15) is 8.78 Å². The van der Waals surface area contributed by atoms with Crippen LogP contribution in [0.2, 0.25) is 0 Å². The summed E-state index contributed by atoms with van der Waals surface area (Å²) in [5.74, 6) is -4.27. The van der Waals surface area contributed by atoms with Crippen LogP contribution in [0.15, 0.2) is 12.7 Å². The molecule has 14 heavy (non-hydrogen) atoms. The van der Waals surface area contributed by atoms with Gasteiger partial charge >= 0.3 is 0 Å². The zero-order valence-electron chi connectivity index (χ0n) is 8.17. The van der Waals surface area contributed by atoms with Crippen molar-refractivity contribution in [1.29, 1.82) is 0 Å². The first-order valence-electron chi connectivity index (χ1n) is 4.30. The van der Waals surface area contributed by atoms with Crippen molar-refractivity contribution in [2.75, 3.05) is 6.61 Å². The van der Waals surface area contributed by atoms with E-state index in [1.807, 2.05) is 0 Å². The van der Waals surface area contributed by atoms with Crippen LogP contribution in [0, 0.1) is 0 Å². The molecule has 2 atom stereocenters. The quantitative estimate of drug-likeness (QED) is 0.711. The van der Waals surface area contributed by atoms with Gasteiger partial charge in [-0.3, -0.25) is 0 Å². The maximum atomic E-state index is 12.9. The second-order valence-electron chi connectivity index (χ2n) is 3.69. The lowest BCUT2D eigenvalue weighted by atomic mass is 10.1. The molecule has 5 heteroatoms. The van der Waals surface area contributed by atoms with Crippen molar-refractivity contribution in [3.63, 3.8) is 0 Å². The molecule has 0 aromatic carbocycles. The lowest BCUT2D eigenvalue weighted by Crippen LogP contribution is -2.43. The van der Waals surface area contributed by atoms with Gasteiger partial charge < -0.3 is 14.6 Å². The summed E-state index contributed by atoms with van der Waals surface area (Å²) in [4.78, 5) is 0. The van der Waals surface area contributed by atoms with Gasteiger partial charge in [-0.05, 0) is 19.9 Å².